The molecule has 46 heavy (non-hydrogen) atoms. The van der Waals surface area contributed by atoms with Gasteiger partial charge in [-0.05, 0) is 12.8 Å². The molecular formula is C33H65NO12. The highest BCUT2D eigenvalue weighted by molar-refractivity contribution is 5.89. The van der Waals surface area contributed by atoms with Crippen LogP contribution < -0.4 is 0 Å². The van der Waals surface area contributed by atoms with E-state index in [1.54, 1.807) is 4.90 Å². The molecule has 0 heterocycles. The van der Waals surface area contributed by atoms with Crippen LogP contribution in [-0.4, -0.2) is 128 Å². The van der Waals surface area contributed by atoms with Crippen molar-refractivity contribution < 1.29 is 60.0 Å². The Morgan fingerprint density at radius 2 is 1.07 bits per heavy atom. The largest absolute Gasteiger partial charge is 0.481 e. The molecule has 0 aromatic heterocycles. The average molecular weight is 668 g/mol. The second-order valence-corrected chi connectivity index (χ2v) is 12.0. The number of ether oxygens (including phenoxy) is 1. The molecule has 0 aliphatic heterocycles. The molecule has 0 amide bonds. The zero-order chi connectivity index (χ0) is 35.1. The summed E-state index contributed by atoms with van der Waals surface area (Å²) in [5.74, 6) is -7.29. The van der Waals surface area contributed by atoms with Crippen LogP contribution in [0, 0.1) is 5.92 Å². The van der Waals surface area contributed by atoms with Crippen LogP contribution in [0.25, 0.3) is 0 Å². The zero-order valence-corrected chi connectivity index (χ0v) is 28.2. The Morgan fingerprint density at radius 3 is 1.39 bits per heavy atom. The minimum atomic E-state index is -3.02. The second kappa shape index (κ2) is 31.7. The first-order valence-corrected chi connectivity index (χ1v) is 17.2. The number of nitrogens with zero attached hydrogens (tertiary/aromatic N) is 1. The Kier molecular flexibility index (Phi) is 31.9. The molecule has 0 saturated carbocycles. The molecule has 0 saturated heterocycles. The highest BCUT2D eigenvalue weighted by Crippen LogP contribution is 2.27. The van der Waals surface area contributed by atoms with Crippen LogP contribution in [0.4, 0.5) is 0 Å². The Morgan fingerprint density at radius 1 is 0.674 bits per heavy atom. The summed E-state index contributed by atoms with van der Waals surface area (Å²) in [6.45, 7) is 4.16. The number of carboxylic acids is 3. The summed E-state index contributed by atoms with van der Waals surface area (Å²) in [5.41, 5.74) is -3.02. The predicted octanol–water partition coefficient (Wildman–Crippen LogP) is 3.27. The maximum atomic E-state index is 11.4. The first-order chi connectivity index (χ1) is 22.0. The molecule has 0 aliphatic carbocycles. The Labute approximate surface area is 275 Å². The lowest BCUT2D eigenvalue weighted by Gasteiger charge is -2.29. The second-order valence-electron chi connectivity index (χ2n) is 12.0. The molecule has 0 aromatic rings. The van der Waals surface area contributed by atoms with E-state index in [-0.39, 0.29) is 26.4 Å². The quantitative estimate of drug-likeness (QED) is 0.0483. The highest BCUT2D eigenvalue weighted by atomic mass is 16.5. The summed E-state index contributed by atoms with van der Waals surface area (Å²) in [4.78, 5) is 35.4. The third-order valence-electron chi connectivity index (χ3n) is 7.87. The number of rotatable bonds is 32. The smallest absolute Gasteiger partial charge is 0.337 e. The van der Waals surface area contributed by atoms with Gasteiger partial charge in [-0.25, -0.2) is 4.79 Å². The topological polar surface area (TPSA) is 226 Å². The van der Waals surface area contributed by atoms with E-state index in [2.05, 4.69) is 6.92 Å². The number of carbonyl (C=O) groups is 3. The molecule has 0 spiro atoms. The molecular weight excluding hydrogens is 602 g/mol. The summed E-state index contributed by atoms with van der Waals surface area (Å²) in [6.07, 6.45) is 16.8. The molecule has 3 unspecified atom stereocenters. The molecule has 0 aliphatic rings. The van der Waals surface area contributed by atoms with Gasteiger partial charge < -0.3 is 45.6 Å². The van der Waals surface area contributed by atoms with Gasteiger partial charge in [0.05, 0.1) is 44.9 Å². The van der Waals surface area contributed by atoms with Crippen LogP contribution in [0.1, 0.15) is 122 Å². The van der Waals surface area contributed by atoms with Crippen molar-refractivity contribution >= 4 is 17.9 Å². The minimum Gasteiger partial charge on any atom is -0.481 e. The van der Waals surface area contributed by atoms with E-state index < -0.39 is 48.4 Å². The number of hydrogen-bond acceptors (Lipinski definition) is 10. The average Bonchev–Trinajstić information content (AvgIpc) is 2.99. The lowest BCUT2D eigenvalue weighted by molar-refractivity contribution is -0.181. The molecule has 0 bridgehead atoms. The van der Waals surface area contributed by atoms with Crippen LogP contribution >= 0.6 is 0 Å². The predicted molar refractivity (Wildman–Crippen MR) is 175 cm³/mol. The van der Waals surface area contributed by atoms with Crippen molar-refractivity contribution in [1.82, 2.24) is 4.90 Å². The number of carboxylic acid groups (broad SMARTS) is 3. The highest BCUT2D eigenvalue weighted by Gasteiger charge is 2.50. The van der Waals surface area contributed by atoms with Crippen LogP contribution in [0.15, 0.2) is 0 Å². The summed E-state index contributed by atoms with van der Waals surface area (Å²) >= 11 is 0. The molecule has 0 fully saturated rings. The fourth-order valence-electron chi connectivity index (χ4n) is 5.15. The standard InChI is InChI=1S/C27H50O9.C6H15NO3/c1-2-3-4-5-6-7-8-9-10-11-12-13-14-15-16-17-18-36-21-22(28)19-23(25(31)32)27(35,26(33)34)20-24(29)30;8-4-1-7(2-5-9)3-6-10/h22-23,28,35H,2-21H2,1H3,(H,29,30)(H,31,32)(H,33,34);8-10H,1-6H2. The first-order valence-electron chi connectivity index (χ1n) is 17.2. The van der Waals surface area contributed by atoms with Gasteiger partial charge in [0.1, 0.15) is 0 Å². The molecule has 0 rings (SSSR count). The molecule has 274 valence electrons. The summed E-state index contributed by atoms with van der Waals surface area (Å²) in [7, 11) is 0. The Balaban J connectivity index is 0. The van der Waals surface area contributed by atoms with E-state index in [0.29, 0.717) is 26.2 Å². The molecule has 0 radical (unpaired) electrons. The molecule has 3 atom stereocenters. The first kappa shape index (κ1) is 46.2. The lowest BCUT2D eigenvalue weighted by atomic mass is 9.81. The van der Waals surface area contributed by atoms with Crippen molar-refractivity contribution in [3.05, 3.63) is 0 Å². The van der Waals surface area contributed by atoms with Crippen LogP contribution in [0.2, 0.25) is 0 Å². The van der Waals surface area contributed by atoms with Crippen LogP contribution in [0.5, 0.6) is 0 Å². The van der Waals surface area contributed by atoms with E-state index in [1.807, 2.05) is 0 Å². The van der Waals surface area contributed by atoms with Crippen LogP contribution in [-0.2, 0) is 19.1 Å². The normalized spacial score (nSPS) is 13.9. The van der Waals surface area contributed by atoms with Crippen molar-refractivity contribution in [2.45, 2.75) is 134 Å². The van der Waals surface area contributed by atoms with Crippen molar-refractivity contribution in [1.29, 1.82) is 0 Å². The van der Waals surface area contributed by atoms with Gasteiger partial charge in [0.25, 0.3) is 0 Å². The van der Waals surface area contributed by atoms with Gasteiger partial charge >= 0.3 is 17.9 Å². The molecule has 13 heteroatoms. The maximum Gasteiger partial charge on any atom is 0.337 e. The monoisotopic (exact) mass is 667 g/mol. The summed E-state index contributed by atoms with van der Waals surface area (Å²) in [6, 6.07) is 0. The van der Waals surface area contributed by atoms with E-state index >= 15 is 0 Å². The van der Waals surface area contributed by atoms with Gasteiger partial charge in [-0.3, -0.25) is 14.5 Å². The van der Waals surface area contributed by atoms with Gasteiger partial charge in [0.2, 0.25) is 0 Å². The Hall–Kier alpha value is -1.87. The van der Waals surface area contributed by atoms with Gasteiger partial charge in [0.15, 0.2) is 5.60 Å². The summed E-state index contributed by atoms with van der Waals surface area (Å²) in [5, 5.41) is 72.9. The third kappa shape index (κ3) is 26.2. The third-order valence-corrected chi connectivity index (χ3v) is 7.87. The van der Waals surface area contributed by atoms with Gasteiger partial charge in [-0.15, -0.1) is 0 Å². The van der Waals surface area contributed by atoms with Crippen molar-refractivity contribution in [3.8, 4) is 0 Å². The van der Waals surface area contributed by atoms with E-state index in [9.17, 15) is 29.7 Å². The maximum absolute atomic E-state index is 11.4. The van der Waals surface area contributed by atoms with Gasteiger partial charge in [0, 0.05) is 26.2 Å². The summed E-state index contributed by atoms with van der Waals surface area (Å²) < 4.78 is 5.36. The van der Waals surface area contributed by atoms with Crippen molar-refractivity contribution in [2.24, 2.45) is 5.92 Å². The SMILES string of the molecule is CCCCCCCCCCCCCCCCCCOCC(O)CC(C(=O)O)C(O)(CC(=O)O)C(=O)O.OCCN(CCO)CCO. The molecule has 0 aromatic carbocycles. The van der Waals surface area contributed by atoms with Crippen LogP contribution in [0.3, 0.4) is 0 Å². The van der Waals surface area contributed by atoms with Gasteiger partial charge in [-0.2, -0.15) is 0 Å². The number of aliphatic carboxylic acids is 3. The fourth-order valence-corrected chi connectivity index (χ4v) is 5.15. The van der Waals surface area contributed by atoms with Crippen molar-refractivity contribution in [3.63, 3.8) is 0 Å². The number of unbranched alkanes of at least 4 members (excludes halogenated alkanes) is 15. The van der Waals surface area contributed by atoms with E-state index in [0.717, 1.165) is 19.3 Å². The van der Waals surface area contributed by atoms with E-state index in [1.165, 1.54) is 83.5 Å². The number of aliphatic hydroxyl groups excluding tert-OH is 4. The minimum absolute atomic E-state index is 0.0694. The fraction of sp³-hybridized carbons (Fsp3) is 0.909. The molecule has 8 N–H and O–H groups in total. The molecule has 13 nitrogen and oxygen atoms in total. The van der Waals surface area contributed by atoms with E-state index in [4.69, 9.17) is 30.3 Å². The number of aliphatic hydroxyl groups is 5. The number of hydrogen-bond donors (Lipinski definition) is 8. The zero-order valence-electron chi connectivity index (χ0n) is 28.2. The Bertz CT molecular complexity index is 727. The lowest BCUT2D eigenvalue weighted by Crippen LogP contribution is -2.52. The van der Waals surface area contributed by atoms with Crippen molar-refractivity contribution in [2.75, 3.05) is 52.7 Å². The van der Waals surface area contributed by atoms with Gasteiger partial charge in [-0.1, -0.05) is 103 Å².